The highest BCUT2D eigenvalue weighted by atomic mass is 19.3. The van der Waals surface area contributed by atoms with Gasteiger partial charge in [0.15, 0.2) is 5.75 Å². The quantitative estimate of drug-likeness (QED) is 0.841. The first-order valence-corrected chi connectivity index (χ1v) is 4.85. The summed E-state index contributed by atoms with van der Waals surface area (Å²) in [6.07, 6.45) is -1.39. The summed E-state index contributed by atoms with van der Waals surface area (Å²) >= 11 is 0. The molecule has 5 heteroatoms. The minimum Gasteiger partial charge on any atom is -0.502 e. The Bertz CT molecular complexity index is 451. The summed E-state index contributed by atoms with van der Waals surface area (Å²) in [5, 5.41) is 9.43. The largest absolute Gasteiger partial charge is 0.502 e. The van der Waals surface area contributed by atoms with Crippen LogP contribution in [0.2, 0.25) is 0 Å². The lowest BCUT2D eigenvalue weighted by molar-refractivity contribution is -0.134. The molecule has 0 aliphatic heterocycles. The number of ether oxygens (including phenoxy) is 1. The lowest BCUT2D eigenvalue weighted by Crippen LogP contribution is -2.43. The molecular weight excluding hydrogens is 218 g/mol. The number of halogens is 2. The fourth-order valence-corrected chi connectivity index (χ4v) is 1.53. The van der Waals surface area contributed by atoms with Crippen molar-refractivity contribution < 1.29 is 18.6 Å². The summed E-state index contributed by atoms with van der Waals surface area (Å²) < 4.78 is 30.2. The molecule has 0 radical (unpaired) electrons. The highest BCUT2D eigenvalue weighted by Gasteiger charge is 2.47. The topological polar surface area (TPSA) is 46.5 Å². The minimum absolute atomic E-state index is 0.0458. The van der Waals surface area contributed by atoms with E-state index < -0.39 is 23.2 Å². The molecule has 1 aromatic rings. The molecule has 0 atom stereocenters. The van der Waals surface area contributed by atoms with Crippen molar-refractivity contribution in [3.8, 4) is 11.5 Å². The van der Waals surface area contributed by atoms with Crippen LogP contribution in [0.1, 0.15) is 12.8 Å². The molecule has 0 amide bonds. The van der Waals surface area contributed by atoms with Gasteiger partial charge >= 0.3 is 0 Å². The molecule has 0 saturated heterocycles. The fourth-order valence-electron chi connectivity index (χ4n) is 1.53. The van der Waals surface area contributed by atoms with Crippen LogP contribution in [-0.4, -0.2) is 17.1 Å². The third kappa shape index (κ3) is 2.13. The molecule has 1 aliphatic rings. The van der Waals surface area contributed by atoms with Gasteiger partial charge in [0.25, 0.3) is 5.92 Å². The maximum absolute atomic E-state index is 12.5. The fraction of sp³-hybridized carbons (Fsp3) is 0.364. The van der Waals surface area contributed by atoms with Crippen molar-refractivity contribution in [3.05, 3.63) is 34.5 Å². The maximum Gasteiger partial charge on any atom is 0.255 e. The predicted molar refractivity (Wildman–Crippen MR) is 53.0 cm³/mol. The summed E-state index contributed by atoms with van der Waals surface area (Å²) in [6.45, 7) is 0. The molecule has 2 rings (SSSR count). The van der Waals surface area contributed by atoms with Crippen molar-refractivity contribution in [1.82, 2.24) is 0 Å². The van der Waals surface area contributed by atoms with Gasteiger partial charge in [-0.15, -0.1) is 0 Å². The van der Waals surface area contributed by atoms with Crippen molar-refractivity contribution in [2.45, 2.75) is 24.9 Å². The van der Waals surface area contributed by atoms with E-state index in [1.807, 2.05) is 0 Å². The van der Waals surface area contributed by atoms with Crippen molar-refractivity contribution in [3.63, 3.8) is 0 Å². The second kappa shape index (κ2) is 3.73. The van der Waals surface area contributed by atoms with Crippen molar-refractivity contribution in [1.29, 1.82) is 0 Å². The van der Waals surface area contributed by atoms with E-state index in [-0.39, 0.29) is 18.6 Å². The Labute approximate surface area is 90.3 Å². The van der Waals surface area contributed by atoms with Gasteiger partial charge < -0.3 is 9.84 Å². The van der Waals surface area contributed by atoms with Gasteiger partial charge in [-0.2, -0.15) is 0 Å². The molecule has 1 aromatic carbocycles. The second-order valence-electron chi connectivity index (χ2n) is 3.80. The Morgan fingerprint density at radius 2 is 1.94 bits per heavy atom. The molecule has 0 heterocycles. The van der Waals surface area contributed by atoms with E-state index in [4.69, 9.17) is 4.74 Å². The monoisotopic (exact) mass is 228 g/mol. The number of rotatable bonds is 2. The zero-order valence-corrected chi connectivity index (χ0v) is 8.32. The van der Waals surface area contributed by atoms with Crippen LogP contribution < -0.4 is 10.2 Å². The van der Waals surface area contributed by atoms with E-state index in [2.05, 4.69) is 0 Å². The lowest BCUT2D eigenvalue weighted by Gasteiger charge is -2.34. The van der Waals surface area contributed by atoms with Crippen LogP contribution in [-0.2, 0) is 0 Å². The smallest absolute Gasteiger partial charge is 0.255 e. The van der Waals surface area contributed by atoms with E-state index >= 15 is 0 Å². The van der Waals surface area contributed by atoms with Crippen LogP contribution in [0.25, 0.3) is 0 Å². The number of aromatic hydroxyl groups is 1. The molecule has 86 valence electrons. The molecule has 16 heavy (non-hydrogen) atoms. The van der Waals surface area contributed by atoms with Gasteiger partial charge in [0.2, 0.25) is 11.2 Å². The van der Waals surface area contributed by atoms with Crippen LogP contribution in [0.4, 0.5) is 8.78 Å². The van der Waals surface area contributed by atoms with Crippen molar-refractivity contribution >= 4 is 0 Å². The molecule has 1 saturated carbocycles. The van der Waals surface area contributed by atoms with Gasteiger partial charge in [0, 0.05) is 12.8 Å². The van der Waals surface area contributed by atoms with E-state index in [9.17, 15) is 18.7 Å². The highest BCUT2D eigenvalue weighted by molar-refractivity contribution is 5.37. The molecule has 3 nitrogen and oxygen atoms in total. The molecule has 1 aliphatic carbocycles. The van der Waals surface area contributed by atoms with Crippen molar-refractivity contribution in [2.24, 2.45) is 0 Å². The van der Waals surface area contributed by atoms with Gasteiger partial charge in [0.1, 0.15) is 6.10 Å². The summed E-state index contributed by atoms with van der Waals surface area (Å²) in [5.74, 6) is -3.27. The molecule has 0 bridgehead atoms. The Hall–Kier alpha value is -1.65. The average Bonchev–Trinajstić information content (AvgIpc) is 2.30. The molecule has 0 unspecified atom stereocenters. The van der Waals surface area contributed by atoms with Crippen LogP contribution in [0.3, 0.4) is 0 Å². The second-order valence-corrected chi connectivity index (χ2v) is 3.80. The Morgan fingerprint density at radius 3 is 2.56 bits per heavy atom. The summed E-state index contributed by atoms with van der Waals surface area (Å²) in [6, 6.07) is 5.52. The van der Waals surface area contributed by atoms with Gasteiger partial charge in [0.05, 0.1) is 0 Å². The number of alkyl halides is 2. The predicted octanol–water partition coefficient (Wildman–Crippen LogP) is 1.93. The third-order valence-corrected chi connectivity index (χ3v) is 2.42. The molecule has 1 N–H and O–H groups in total. The highest BCUT2D eigenvalue weighted by Crippen LogP contribution is 2.40. The molecular formula is C11H10F2O3. The molecule has 0 spiro atoms. The van der Waals surface area contributed by atoms with Crippen molar-refractivity contribution in [2.75, 3.05) is 0 Å². The first-order chi connectivity index (χ1) is 7.48. The first kappa shape index (κ1) is 10.9. The zero-order chi connectivity index (χ0) is 11.8. The number of hydrogen-bond donors (Lipinski definition) is 1. The minimum atomic E-state index is -2.68. The Kier molecular flexibility index (Phi) is 2.53. The van der Waals surface area contributed by atoms with E-state index in [0.29, 0.717) is 0 Å². The van der Waals surface area contributed by atoms with E-state index in [1.165, 1.54) is 24.3 Å². The number of hydrogen-bond acceptors (Lipinski definition) is 3. The summed E-state index contributed by atoms with van der Waals surface area (Å²) in [4.78, 5) is 11.2. The SMILES string of the molecule is O=c1ccccc(OC2CC(F)(F)C2)c1O. The van der Waals surface area contributed by atoms with E-state index in [0.717, 1.165) is 0 Å². The zero-order valence-electron chi connectivity index (χ0n) is 8.32. The van der Waals surface area contributed by atoms with E-state index in [1.54, 1.807) is 0 Å². The van der Waals surface area contributed by atoms with Gasteiger partial charge in [-0.3, -0.25) is 4.79 Å². The normalized spacial score (nSPS) is 18.9. The molecule has 0 aromatic heterocycles. The summed E-state index contributed by atoms with van der Waals surface area (Å²) in [7, 11) is 0. The van der Waals surface area contributed by atoms with Crippen LogP contribution >= 0.6 is 0 Å². The third-order valence-electron chi connectivity index (χ3n) is 2.42. The Balaban J connectivity index is 2.15. The van der Waals surface area contributed by atoms with Gasteiger partial charge in [-0.1, -0.05) is 12.1 Å². The standard InChI is InChI=1S/C11H10F2O3/c12-11(13)5-7(6-11)16-9-4-2-1-3-8(14)10(9)15/h1-4,7H,5-6H2,(H,14,15). The Morgan fingerprint density at radius 1 is 1.31 bits per heavy atom. The lowest BCUT2D eigenvalue weighted by atomic mass is 9.91. The summed E-state index contributed by atoms with van der Waals surface area (Å²) in [5.41, 5.74) is -0.592. The molecule has 1 fully saturated rings. The average molecular weight is 228 g/mol. The van der Waals surface area contributed by atoms with Crippen LogP contribution in [0.5, 0.6) is 11.5 Å². The maximum atomic E-state index is 12.5. The van der Waals surface area contributed by atoms with Gasteiger partial charge in [-0.05, 0) is 12.1 Å². The first-order valence-electron chi connectivity index (χ1n) is 4.85. The van der Waals surface area contributed by atoms with Crippen LogP contribution in [0.15, 0.2) is 29.1 Å². The van der Waals surface area contributed by atoms with Gasteiger partial charge in [-0.25, -0.2) is 8.78 Å². The van der Waals surface area contributed by atoms with Crippen LogP contribution in [0, 0.1) is 0 Å².